The van der Waals surface area contributed by atoms with Gasteiger partial charge in [0.1, 0.15) is 0 Å². The largest absolute Gasteiger partial charge is 0.384 e. The molecule has 132 valence electrons. The topological polar surface area (TPSA) is 86.9 Å². The predicted molar refractivity (Wildman–Crippen MR) is 97.8 cm³/mol. The van der Waals surface area contributed by atoms with Crippen LogP contribution in [0.3, 0.4) is 0 Å². The van der Waals surface area contributed by atoms with Gasteiger partial charge in [-0.05, 0) is 42.0 Å². The number of hydrogen-bond acceptors (Lipinski definition) is 4. The molecule has 0 radical (unpaired) electrons. The molecule has 2 aromatic rings. The van der Waals surface area contributed by atoms with Crippen molar-refractivity contribution in [1.29, 1.82) is 0 Å². The molecule has 0 saturated carbocycles. The molecule has 0 bridgehead atoms. The highest BCUT2D eigenvalue weighted by molar-refractivity contribution is 5.79. The SMILES string of the molecule is CCc1n[nH]c(=O)c(CNC(=O)Cc2ccc3c(c2)NCC3)c1CC. The normalized spacial score (nSPS) is 12.6. The second-order valence-corrected chi connectivity index (χ2v) is 6.29. The maximum Gasteiger partial charge on any atom is 0.269 e. The summed E-state index contributed by atoms with van der Waals surface area (Å²) in [6, 6.07) is 6.11. The molecule has 0 spiro atoms. The Kier molecular flexibility index (Phi) is 5.16. The van der Waals surface area contributed by atoms with Crippen molar-refractivity contribution in [2.45, 2.75) is 46.1 Å². The van der Waals surface area contributed by atoms with Crippen molar-refractivity contribution < 1.29 is 4.79 Å². The summed E-state index contributed by atoms with van der Waals surface area (Å²) in [6.07, 6.45) is 2.82. The minimum Gasteiger partial charge on any atom is -0.384 e. The molecule has 25 heavy (non-hydrogen) atoms. The third kappa shape index (κ3) is 3.73. The van der Waals surface area contributed by atoms with Crippen LogP contribution >= 0.6 is 0 Å². The number of anilines is 1. The molecule has 0 unspecified atom stereocenters. The van der Waals surface area contributed by atoms with Crippen LogP contribution in [0.1, 0.15) is 41.8 Å². The Bertz CT molecular complexity index is 842. The minimum atomic E-state index is -0.226. The zero-order valence-electron chi connectivity index (χ0n) is 14.7. The summed E-state index contributed by atoms with van der Waals surface area (Å²) in [4.78, 5) is 24.4. The van der Waals surface area contributed by atoms with Crippen LogP contribution in [0.15, 0.2) is 23.0 Å². The van der Waals surface area contributed by atoms with Crippen molar-refractivity contribution in [2.24, 2.45) is 0 Å². The summed E-state index contributed by atoms with van der Waals surface area (Å²) in [5, 5.41) is 12.8. The van der Waals surface area contributed by atoms with E-state index in [9.17, 15) is 9.59 Å². The van der Waals surface area contributed by atoms with E-state index in [1.54, 1.807) is 0 Å². The van der Waals surface area contributed by atoms with Gasteiger partial charge in [0.05, 0.1) is 12.1 Å². The third-order valence-corrected chi connectivity index (χ3v) is 4.68. The van der Waals surface area contributed by atoms with Gasteiger partial charge < -0.3 is 10.6 Å². The molecular weight excluding hydrogens is 316 g/mol. The first-order valence-electron chi connectivity index (χ1n) is 8.84. The lowest BCUT2D eigenvalue weighted by molar-refractivity contribution is -0.120. The van der Waals surface area contributed by atoms with Gasteiger partial charge in [0.25, 0.3) is 5.56 Å². The van der Waals surface area contributed by atoms with E-state index in [0.717, 1.165) is 48.3 Å². The van der Waals surface area contributed by atoms with Crippen molar-refractivity contribution in [3.8, 4) is 0 Å². The molecule has 1 aromatic heterocycles. The van der Waals surface area contributed by atoms with E-state index in [1.807, 2.05) is 26.0 Å². The highest BCUT2D eigenvalue weighted by Gasteiger charge is 2.14. The van der Waals surface area contributed by atoms with E-state index in [2.05, 4.69) is 26.9 Å². The predicted octanol–water partition coefficient (Wildman–Crippen LogP) is 1.72. The molecule has 6 nitrogen and oxygen atoms in total. The molecular formula is C19H24N4O2. The van der Waals surface area contributed by atoms with Gasteiger partial charge in [-0.1, -0.05) is 26.0 Å². The fourth-order valence-corrected chi connectivity index (χ4v) is 3.34. The van der Waals surface area contributed by atoms with Crippen LogP contribution in [0, 0.1) is 0 Å². The summed E-state index contributed by atoms with van der Waals surface area (Å²) in [5.41, 5.74) is 5.60. The third-order valence-electron chi connectivity index (χ3n) is 4.68. The number of carbonyl (C=O) groups is 1. The van der Waals surface area contributed by atoms with Crippen molar-refractivity contribution in [1.82, 2.24) is 15.5 Å². The molecule has 1 aliphatic heterocycles. The molecule has 0 atom stereocenters. The number of aromatic nitrogens is 2. The Hall–Kier alpha value is -2.63. The molecule has 3 N–H and O–H groups in total. The van der Waals surface area contributed by atoms with Gasteiger partial charge >= 0.3 is 0 Å². The molecule has 3 rings (SSSR count). The molecule has 0 aliphatic carbocycles. The fourth-order valence-electron chi connectivity index (χ4n) is 3.34. The standard InChI is InChI=1S/C19H24N4O2/c1-3-14-15(19(25)23-22-16(14)4-2)11-21-18(24)10-12-5-6-13-7-8-20-17(13)9-12/h5-6,9,20H,3-4,7-8,10-11H2,1-2H3,(H,21,24)(H,23,25). The number of rotatable bonds is 6. The number of aryl methyl sites for hydroxylation is 1. The number of fused-ring (bicyclic) bond motifs is 1. The number of nitrogens with zero attached hydrogens (tertiary/aromatic N) is 1. The van der Waals surface area contributed by atoms with Crippen LogP contribution in [-0.2, 0) is 37.0 Å². The quantitative estimate of drug-likeness (QED) is 0.747. The molecule has 0 fully saturated rings. The van der Waals surface area contributed by atoms with E-state index in [-0.39, 0.29) is 18.0 Å². The first-order chi connectivity index (χ1) is 12.1. The van der Waals surface area contributed by atoms with Gasteiger partial charge in [0, 0.05) is 24.3 Å². The van der Waals surface area contributed by atoms with Gasteiger partial charge in [0.2, 0.25) is 5.91 Å². The van der Waals surface area contributed by atoms with Gasteiger partial charge in [-0.15, -0.1) is 0 Å². The van der Waals surface area contributed by atoms with Crippen molar-refractivity contribution in [3.63, 3.8) is 0 Å². The monoisotopic (exact) mass is 340 g/mol. The van der Waals surface area contributed by atoms with Crippen LogP contribution in [0.25, 0.3) is 0 Å². The maximum atomic E-state index is 12.3. The lowest BCUT2D eigenvalue weighted by Crippen LogP contribution is -2.30. The summed E-state index contributed by atoms with van der Waals surface area (Å²) >= 11 is 0. The molecule has 6 heteroatoms. The summed E-state index contributed by atoms with van der Waals surface area (Å²) in [7, 11) is 0. The number of H-pyrrole nitrogens is 1. The maximum absolute atomic E-state index is 12.3. The first kappa shape index (κ1) is 17.2. The van der Waals surface area contributed by atoms with E-state index < -0.39 is 0 Å². The lowest BCUT2D eigenvalue weighted by Gasteiger charge is -2.11. The zero-order valence-corrected chi connectivity index (χ0v) is 14.7. The highest BCUT2D eigenvalue weighted by Crippen LogP contribution is 2.23. The van der Waals surface area contributed by atoms with Crippen LogP contribution in [0.5, 0.6) is 0 Å². The van der Waals surface area contributed by atoms with Gasteiger partial charge in [0.15, 0.2) is 0 Å². The fraction of sp³-hybridized carbons (Fsp3) is 0.421. The van der Waals surface area contributed by atoms with Crippen molar-refractivity contribution in [2.75, 3.05) is 11.9 Å². The second-order valence-electron chi connectivity index (χ2n) is 6.29. The number of carbonyl (C=O) groups excluding carboxylic acids is 1. The van der Waals surface area contributed by atoms with Crippen LogP contribution in [0.2, 0.25) is 0 Å². The molecule has 2 heterocycles. The Balaban J connectivity index is 1.68. The summed E-state index contributed by atoms with van der Waals surface area (Å²) in [6.45, 7) is 5.19. The molecule has 1 aliphatic rings. The average Bonchev–Trinajstić information content (AvgIpc) is 3.08. The minimum absolute atomic E-state index is 0.0886. The van der Waals surface area contributed by atoms with Crippen LogP contribution < -0.4 is 16.2 Å². The van der Waals surface area contributed by atoms with Crippen LogP contribution in [-0.4, -0.2) is 22.6 Å². The summed E-state index contributed by atoms with van der Waals surface area (Å²) in [5.74, 6) is -0.0886. The molecule has 1 aromatic carbocycles. The Labute approximate surface area is 147 Å². The Morgan fingerprint density at radius 2 is 2.08 bits per heavy atom. The first-order valence-corrected chi connectivity index (χ1v) is 8.84. The van der Waals surface area contributed by atoms with Crippen molar-refractivity contribution >= 4 is 11.6 Å². The smallest absolute Gasteiger partial charge is 0.269 e. The van der Waals surface area contributed by atoms with E-state index >= 15 is 0 Å². The second kappa shape index (κ2) is 7.51. The highest BCUT2D eigenvalue weighted by atomic mass is 16.1. The van der Waals surface area contributed by atoms with E-state index in [4.69, 9.17) is 0 Å². The number of amides is 1. The molecule has 0 saturated heterocycles. The molecule has 1 amide bonds. The van der Waals surface area contributed by atoms with E-state index in [1.165, 1.54) is 5.56 Å². The number of benzene rings is 1. The van der Waals surface area contributed by atoms with Gasteiger partial charge in [-0.3, -0.25) is 9.59 Å². The Morgan fingerprint density at radius 1 is 1.24 bits per heavy atom. The number of nitrogens with one attached hydrogen (secondary N) is 3. The van der Waals surface area contributed by atoms with Crippen LogP contribution in [0.4, 0.5) is 5.69 Å². The zero-order chi connectivity index (χ0) is 17.8. The van der Waals surface area contributed by atoms with Gasteiger partial charge in [-0.25, -0.2) is 5.10 Å². The lowest BCUT2D eigenvalue weighted by atomic mass is 10.0. The average molecular weight is 340 g/mol. The number of aromatic amines is 1. The summed E-state index contributed by atoms with van der Waals surface area (Å²) < 4.78 is 0. The number of hydrogen-bond donors (Lipinski definition) is 3. The Morgan fingerprint density at radius 3 is 2.84 bits per heavy atom. The van der Waals surface area contributed by atoms with E-state index in [0.29, 0.717) is 12.0 Å². The van der Waals surface area contributed by atoms with Gasteiger partial charge in [-0.2, -0.15) is 5.10 Å². The van der Waals surface area contributed by atoms with Crippen molar-refractivity contribution in [3.05, 3.63) is 56.5 Å².